The number of hydrogen-bond acceptors (Lipinski definition) is 2. The van der Waals surface area contributed by atoms with Crippen LogP contribution in [0.15, 0.2) is 18.2 Å². The molecule has 13 heavy (non-hydrogen) atoms. The Morgan fingerprint density at radius 3 is 2.92 bits per heavy atom. The molecule has 0 atom stereocenters. The Hall–Kier alpha value is -0.730. The highest BCUT2D eigenvalue weighted by Crippen LogP contribution is 2.37. The monoisotopic (exact) mass is 212 g/mol. The van der Waals surface area contributed by atoms with Gasteiger partial charge >= 0.3 is 0 Å². The summed E-state index contributed by atoms with van der Waals surface area (Å²) in [4.78, 5) is 0. The van der Waals surface area contributed by atoms with Gasteiger partial charge in [0.25, 0.3) is 0 Å². The number of thiophene rings is 1. The molecule has 0 spiro atoms. The molecule has 0 saturated heterocycles. The Bertz CT molecular complexity index is 447. The number of hydrogen-bond donors (Lipinski definition) is 1. The summed E-state index contributed by atoms with van der Waals surface area (Å²) >= 11 is 7.22. The van der Waals surface area contributed by atoms with E-state index in [1.165, 1.54) is 11.3 Å². The van der Waals surface area contributed by atoms with Crippen LogP contribution in [0.2, 0.25) is 0 Å². The predicted molar refractivity (Wildman–Crippen MR) is 57.8 cm³/mol. The molecule has 0 aliphatic heterocycles. The Labute approximate surface area is 85.6 Å². The zero-order valence-corrected chi connectivity index (χ0v) is 8.75. The van der Waals surface area contributed by atoms with Crippen molar-refractivity contribution in [2.24, 2.45) is 0 Å². The number of alkyl halides is 1. The maximum Gasteiger partial charge on any atom is 0.175 e. The highest BCUT2D eigenvalue weighted by Gasteiger charge is 2.09. The van der Waals surface area contributed by atoms with Gasteiger partial charge in [0.15, 0.2) is 5.06 Å². The minimum absolute atomic E-state index is 0.396. The highest BCUT2D eigenvalue weighted by molar-refractivity contribution is 7.20. The van der Waals surface area contributed by atoms with Crippen LogP contribution in [0.1, 0.15) is 11.1 Å². The van der Waals surface area contributed by atoms with Crippen molar-refractivity contribution in [3.8, 4) is 5.06 Å². The number of aromatic hydroxyl groups is 1. The second-order valence-corrected chi connectivity index (χ2v) is 4.25. The molecule has 1 aromatic heterocycles. The topological polar surface area (TPSA) is 20.2 Å². The van der Waals surface area contributed by atoms with Gasteiger partial charge in [-0.1, -0.05) is 23.5 Å². The molecule has 0 aliphatic carbocycles. The molecule has 0 bridgehead atoms. The maximum absolute atomic E-state index is 9.54. The van der Waals surface area contributed by atoms with Crippen molar-refractivity contribution >= 4 is 33.0 Å². The van der Waals surface area contributed by atoms with E-state index >= 15 is 0 Å². The first-order valence-electron chi connectivity index (χ1n) is 4.00. The van der Waals surface area contributed by atoms with Gasteiger partial charge < -0.3 is 5.11 Å². The van der Waals surface area contributed by atoms with Gasteiger partial charge in [-0.3, -0.25) is 0 Å². The predicted octanol–water partition coefficient (Wildman–Crippen LogP) is 3.65. The lowest BCUT2D eigenvalue weighted by Gasteiger charge is -1.98. The van der Waals surface area contributed by atoms with Gasteiger partial charge in [0, 0.05) is 21.5 Å². The molecule has 2 aromatic rings. The second-order valence-electron chi connectivity index (χ2n) is 2.96. The van der Waals surface area contributed by atoms with Crippen molar-refractivity contribution in [2.75, 3.05) is 0 Å². The average Bonchev–Trinajstić information content (AvgIpc) is 2.43. The SMILES string of the molecule is Cc1c(O)sc2cccc(CCl)c12. The summed E-state index contributed by atoms with van der Waals surface area (Å²) in [5.41, 5.74) is 2.03. The summed E-state index contributed by atoms with van der Waals surface area (Å²) in [6.07, 6.45) is 0. The smallest absolute Gasteiger partial charge is 0.175 e. The second kappa shape index (κ2) is 3.20. The largest absolute Gasteiger partial charge is 0.499 e. The third-order valence-electron chi connectivity index (χ3n) is 2.16. The minimum atomic E-state index is 0.396. The molecule has 2 rings (SSSR count). The standard InChI is InChI=1S/C10H9ClOS/c1-6-9-7(5-11)3-2-4-8(9)13-10(6)12/h2-4,12H,5H2,1H3. The van der Waals surface area contributed by atoms with E-state index in [-0.39, 0.29) is 0 Å². The summed E-state index contributed by atoms with van der Waals surface area (Å²) in [6, 6.07) is 5.96. The molecular weight excluding hydrogens is 204 g/mol. The number of aryl methyl sites for hydroxylation is 1. The van der Waals surface area contributed by atoms with Gasteiger partial charge in [0.1, 0.15) is 0 Å². The Balaban J connectivity index is 2.87. The first-order chi connectivity index (χ1) is 6.24. The van der Waals surface area contributed by atoms with E-state index in [1.54, 1.807) is 0 Å². The summed E-state index contributed by atoms with van der Waals surface area (Å²) in [5.74, 6) is 0.494. The third-order valence-corrected chi connectivity index (χ3v) is 3.51. The molecule has 0 unspecified atom stereocenters. The van der Waals surface area contributed by atoms with Crippen LogP contribution in [0.3, 0.4) is 0 Å². The van der Waals surface area contributed by atoms with Crippen LogP contribution in [-0.2, 0) is 5.88 Å². The molecular formula is C10H9ClOS. The molecule has 0 saturated carbocycles. The Morgan fingerprint density at radius 2 is 2.23 bits per heavy atom. The summed E-state index contributed by atoms with van der Waals surface area (Å²) in [7, 11) is 0. The summed E-state index contributed by atoms with van der Waals surface area (Å²) in [5, 5.41) is 11.0. The number of benzene rings is 1. The molecule has 3 heteroatoms. The minimum Gasteiger partial charge on any atom is -0.499 e. The fourth-order valence-corrected chi connectivity index (χ4v) is 2.71. The quantitative estimate of drug-likeness (QED) is 0.716. The number of halogens is 1. The summed E-state index contributed by atoms with van der Waals surface area (Å²) < 4.78 is 1.10. The molecule has 1 aromatic carbocycles. The lowest BCUT2D eigenvalue weighted by molar-refractivity contribution is 0.487. The normalized spacial score (nSPS) is 10.9. The van der Waals surface area contributed by atoms with E-state index in [9.17, 15) is 5.11 Å². The van der Waals surface area contributed by atoms with Gasteiger partial charge in [0.05, 0.1) is 0 Å². The number of fused-ring (bicyclic) bond motifs is 1. The Morgan fingerprint density at radius 1 is 1.46 bits per heavy atom. The van der Waals surface area contributed by atoms with Crippen LogP contribution in [0.25, 0.3) is 10.1 Å². The van der Waals surface area contributed by atoms with E-state index in [1.807, 2.05) is 25.1 Å². The van der Waals surface area contributed by atoms with E-state index in [0.717, 1.165) is 21.2 Å². The van der Waals surface area contributed by atoms with Crippen LogP contribution in [0.5, 0.6) is 5.06 Å². The van der Waals surface area contributed by atoms with Crippen molar-refractivity contribution in [2.45, 2.75) is 12.8 Å². The average molecular weight is 213 g/mol. The molecule has 0 fully saturated rings. The molecule has 68 valence electrons. The fraction of sp³-hybridized carbons (Fsp3) is 0.200. The summed E-state index contributed by atoms with van der Waals surface area (Å²) in [6.45, 7) is 1.92. The van der Waals surface area contributed by atoms with Crippen LogP contribution in [0, 0.1) is 6.92 Å². The Kier molecular flexibility index (Phi) is 2.18. The lowest BCUT2D eigenvalue weighted by Crippen LogP contribution is -1.79. The van der Waals surface area contributed by atoms with Crippen molar-refractivity contribution in [1.82, 2.24) is 0 Å². The lowest BCUT2D eigenvalue weighted by atomic mass is 10.1. The molecule has 0 amide bonds. The van der Waals surface area contributed by atoms with Crippen LogP contribution < -0.4 is 0 Å². The highest BCUT2D eigenvalue weighted by atomic mass is 35.5. The molecule has 1 N–H and O–H groups in total. The van der Waals surface area contributed by atoms with Crippen LogP contribution in [-0.4, -0.2) is 5.11 Å². The molecule has 1 nitrogen and oxygen atoms in total. The van der Waals surface area contributed by atoms with Crippen molar-refractivity contribution in [3.63, 3.8) is 0 Å². The van der Waals surface area contributed by atoms with Crippen LogP contribution >= 0.6 is 22.9 Å². The molecule has 0 aliphatic rings. The number of rotatable bonds is 1. The van der Waals surface area contributed by atoms with Gasteiger partial charge in [0.2, 0.25) is 0 Å². The van der Waals surface area contributed by atoms with Crippen molar-refractivity contribution < 1.29 is 5.11 Å². The van der Waals surface area contributed by atoms with E-state index < -0.39 is 0 Å². The van der Waals surface area contributed by atoms with Crippen LogP contribution in [0.4, 0.5) is 0 Å². The molecule has 1 heterocycles. The van der Waals surface area contributed by atoms with Gasteiger partial charge in [-0.15, -0.1) is 11.6 Å². The third kappa shape index (κ3) is 1.30. The van der Waals surface area contributed by atoms with Crippen molar-refractivity contribution in [1.29, 1.82) is 0 Å². The first kappa shape index (κ1) is 8.85. The van der Waals surface area contributed by atoms with Gasteiger partial charge in [-0.05, 0) is 18.6 Å². The fourth-order valence-electron chi connectivity index (χ4n) is 1.49. The van der Waals surface area contributed by atoms with E-state index in [4.69, 9.17) is 11.6 Å². The van der Waals surface area contributed by atoms with Crippen molar-refractivity contribution in [3.05, 3.63) is 29.3 Å². The van der Waals surface area contributed by atoms with Gasteiger partial charge in [-0.25, -0.2) is 0 Å². The van der Waals surface area contributed by atoms with Gasteiger partial charge in [-0.2, -0.15) is 0 Å². The zero-order chi connectivity index (χ0) is 9.42. The van der Waals surface area contributed by atoms with E-state index in [0.29, 0.717) is 10.9 Å². The maximum atomic E-state index is 9.54. The zero-order valence-electron chi connectivity index (χ0n) is 7.17. The van der Waals surface area contributed by atoms with E-state index in [2.05, 4.69) is 0 Å². The first-order valence-corrected chi connectivity index (χ1v) is 5.35. The molecule has 0 radical (unpaired) electrons.